The topological polar surface area (TPSA) is 75.4 Å². The highest BCUT2D eigenvalue weighted by atomic mass is 35.5. The molecule has 1 aliphatic carbocycles. The van der Waals surface area contributed by atoms with Crippen LogP contribution in [0.15, 0.2) is 18.2 Å². The smallest absolute Gasteiger partial charge is 0.253 e. The largest absolute Gasteiger partial charge is 0.399 e. The summed E-state index contributed by atoms with van der Waals surface area (Å²) in [5.74, 6) is -0.267. The Hall–Kier alpha value is -1.26. The molecule has 1 aromatic rings. The minimum absolute atomic E-state index is 0.0364. The molecular formula is C11H13ClN2O2. The molecule has 2 rings (SSSR count). The van der Waals surface area contributed by atoms with E-state index in [9.17, 15) is 4.79 Å². The summed E-state index contributed by atoms with van der Waals surface area (Å²) < 4.78 is 0. The first-order chi connectivity index (χ1) is 7.56. The van der Waals surface area contributed by atoms with Gasteiger partial charge in [0.25, 0.3) is 5.91 Å². The first kappa shape index (κ1) is 11.2. The number of carbonyl (C=O) groups excluding carboxylic acids is 1. The van der Waals surface area contributed by atoms with Gasteiger partial charge in [0.15, 0.2) is 0 Å². The summed E-state index contributed by atoms with van der Waals surface area (Å²) in [6.07, 6.45) is 1.61. The fourth-order valence-electron chi connectivity index (χ4n) is 1.50. The molecule has 4 N–H and O–H groups in total. The Bertz CT molecular complexity index is 430. The van der Waals surface area contributed by atoms with Crippen molar-refractivity contribution >= 4 is 23.2 Å². The summed E-state index contributed by atoms with van der Waals surface area (Å²) in [6, 6.07) is 4.74. The zero-order chi connectivity index (χ0) is 11.8. The lowest BCUT2D eigenvalue weighted by molar-refractivity contribution is 0.0907. The molecule has 1 saturated carbocycles. The molecule has 5 heteroatoms. The van der Waals surface area contributed by atoms with Crippen molar-refractivity contribution < 1.29 is 9.90 Å². The van der Waals surface area contributed by atoms with Crippen LogP contribution in [0.3, 0.4) is 0 Å². The molecule has 0 radical (unpaired) electrons. The Morgan fingerprint density at radius 2 is 2.25 bits per heavy atom. The minimum atomic E-state index is -0.429. The molecule has 0 unspecified atom stereocenters. The number of halogens is 1. The highest BCUT2D eigenvalue weighted by Gasteiger charge is 2.43. The van der Waals surface area contributed by atoms with Crippen LogP contribution in [-0.4, -0.2) is 23.2 Å². The van der Waals surface area contributed by atoms with Gasteiger partial charge in [0.1, 0.15) is 0 Å². The van der Waals surface area contributed by atoms with Crippen LogP contribution >= 0.6 is 11.6 Å². The van der Waals surface area contributed by atoms with E-state index in [4.69, 9.17) is 22.4 Å². The number of benzene rings is 1. The Morgan fingerprint density at radius 1 is 1.56 bits per heavy atom. The number of aliphatic hydroxyl groups excluding tert-OH is 1. The maximum Gasteiger partial charge on any atom is 0.253 e. The van der Waals surface area contributed by atoms with E-state index in [0.29, 0.717) is 16.3 Å². The molecule has 86 valence electrons. The molecule has 4 nitrogen and oxygen atoms in total. The van der Waals surface area contributed by atoms with Gasteiger partial charge in [0.2, 0.25) is 0 Å². The van der Waals surface area contributed by atoms with Gasteiger partial charge < -0.3 is 16.2 Å². The third kappa shape index (κ3) is 2.13. The lowest BCUT2D eigenvalue weighted by atomic mass is 10.1. The van der Waals surface area contributed by atoms with Crippen LogP contribution in [0.1, 0.15) is 23.2 Å². The summed E-state index contributed by atoms with van der Waals surface area (Å²) in [7, 11) is 0. The Labute approximate surface area is 98.4 Å². The number of hydrogen-bond donors (Lipinski definition) is 3. The second-order valence-corrected chi connectivity index (χ2v) is 4.54. The molecule has 1 amide bonds. The minimum Gasteiger partial charge on any atom is -0.399 e. The molecule has 1 aliphatic rings. The number of nitrogen functional groups attached to an aromatic ring is 1. The van der Waals surface area contributed by atoms with Crippen LogP contribution in [0, 0.1) is 0 Å². The number of anilines is 1. The van der Waals surface area contributed by atoms with Gasteiger partial charge in [-0.25, -0.2) is 0 Å². The Balaban J connectivity index is 2.15. The zero-order valence-corrected chi connectivity index (χ0v) is 9.42. The highest BCUT2D eigenvalue weighted by molar-refractivity contribution is 6.34. The van der Waals surface area contributed by atoms with E-state index in [1.165, 1.54) is 6.07 Å². The summed E-state index contributed by atoms with van der Waals surface area (Å²) in [6.45, 7) is -0.0364. The molecule has 0 atom stereocenters. The van der Waals surface area contributed by atoms with Gasteiger partial charge in [-0.3, -0.25) is 4.79 Å². The SMILES string of the molecule is Nc1ccc(C(=O)NC2(CO)CC2)c(Cl)c1. The molecule has 0 heterocycles. The average molecular weight is 241 g/mol. The summed E-state index contributed by atoms with van der Waals surface area (Å²) >= 11 is 5.91. The number of nitrogens with one attached hydrogen (secondary N) is 1. The monoisotopic (exact) mass is 240 g/mol. The van der Waals surface area contributed by atoms with Gasteiger partial charge >= 0.3 is 0 Å². The fourth-order valence-corrected chi connectivity index (χ4v) is 1.77. The van der Waals surface area contributed by atoms with Crippen molar-refractivity contribution in [1.29, 1.82) is 0 Å². The van der Waals surface area contributed by atoms with Crippen molar-refractivity contribution in [3.8, 4) is 0 Å². The molecule has 0 aliphatic heterocycles. The second kappa shape index (κ2) is 3.96. The number of carbonyl (C=O) groups is 1. The van der Waals surface area contributed by atoms with Crippen molar-refractivity contribution in [3.63, 3.8) is 0 Å². The maximum absolute atomic E-state index is 11.8. The van der Waals surface area contributed by atoms with Gasteiger partial charge in [-0.05, 0) is 31.0 Å². The maximum atomic E-state index is 11.8. The lowest BCUT2D eigenvalue weighted by Gasteiger charge is -2.14. The Morgan fingerprint density at radius 3 is 2.75 bits per heavy atom. The van der Waals surface area contributed by atoms with Crippen LogP contribution in [0.4, 0.5) is 5.69 Å². The first-order valence-electron chi connectivity index (χ1n) is 5.05. The van der Waals surface area contributed by atoms with Gasteiger partial charge in [-0.1, -0.05) is 11.6 Å². The zero-order valence-electron chi connectivity index (χ0n) is 8.66. The van der Waals surface area contributed by atoms with Gasteiger partial charge in [0.05, 0.1) is 22.7 Å². The molecule has 0 saturated heterocycles. The third-order valence-corrected chi connectivity index (χ3v) is 3.09. The normalized spacial score (nSPS) is 16.9. The standard InChI is InChI=1S/C11H13ClN2O2/c12-9-5-7(13)1-2-8(9)10(16)14-11(6-15)3-4-11/h1-2,5,15H,3-4,6,13H2,(H,14,16). The number of hydrogen-bond acceptors (Lipinski definition) is 3. The fraction of sp³-hybridized carbons (Fsp3) is 0.364. The van der Waals surface area contributed by atoms with Gasteiger partial charge in [-0.2, -0.15) is 0 Å². The summed E-state index contributed by atoms with van der Waals surface area (Å²) in [5, 5.41) is 12.2. The van der Waals surface area contributed by atoms with Crippen LogP contribution in [-0.2, 0) is 0 Å². The van der Waals surface area contributed by atoms with E-state index < -0.39 is 5.54 Å². The lowest BCUT2D eigenvalue weighted by Crippen LogP contribution is -2.39. The van der Waals surface area contributed by atoms with Crippen molar-refractivity contribution in [2.75, 3.05) is 12.3 Å². The number of nitrogens with two attached hydrogens (primary N) is 1. The molecule has 0 bridgehead atoms. The number of amides is 1. The highest BCUT2D eigenvalue weighted by Crippen LogP contribution is 2.35. The number of rotatable bonds is 3. The average Bonchev–Trinajstić information content (AvgIpc) is 2.98. The van der Waals surface area contributed by atoms with Crippen LogP contribution < -0.4 is 11.1 Å². The van der Waals surface area contributed by atoms with E-state index in [1.54, 1.807) is 12.1 Å². The van der Waals surface area contributed by atoms with Gasteiger partial charge in [0, 0.05) is 5.69 Å². The third-order valence-electron chi connectivity index (χ3n) is 2.77. The Kier molecular flexibility index (Phi) is 2.78. The summed E-state index contributed by atoms with van der Waals surface area (Å²) in [4.78, 5) is 11.8. The van der Waals surface area contributed by atoms with Crippen LogP contribution in [0.25, 0.3) is 0 Å². The molecule has 1 fully saturated rings. The van der Waals surface area contributed by atoms with Crippen molar-refractivity contribution in [1.82, 2.24) is 5.32 Å². The quantitative estimate of drug-likeness (QED) is 0.695. The molecular weight excluding hydrogens is 228 g/mol. The van der Waals surface area contributed by atoms with Gasteiger partial charge in [-0.15, -0.1) is 0 Å². The van der Waals surface area contributed by atoms with E-state index in [1.807, 2.05) is 0 Å². The second-order valence-electron chi connectivity index (χ2n) is 4.13. The predicted octanol–water partition coefficient (Wildman–Crippen LogP) is 1.18. The van der Waals surface area contributed by atoms with Crippen LogP contribution in [0.5, 0.6) is 0 Å². The first-order valence-corrected chi connectivity index (χ1v) is 5.42. The van der Waals surface area contributed by atoms with Crippen molar-refractivity contribution in [2.45, 2.75) is 18.4 Å². The van der Waals surface area contributed by atoms with Crippen molar-refractivity contribution in [3.05, 3.63) is 28.8 Å². The molecule has 0 aromatic heterocycles. The van der Waals surface area contributed by atoms with Crippen molar-refractivity contribution in [2.24, 2.45) is 0 Å². The van der Waals surface area contributed by atoms with Crippen LogP contribution in [0.2, 0.25) is 5.02 Å². The number of aliphatic hydroxyl groups is 1. The van der Waals surface area contributed by atoms with E-state index in [-0.39, 0.29) is 12.5 Å². The molecule has 16 heavy (non-hydrogen) atoms. The molecule has 1 aromatic carbocycles. The van der Waals surface area contributed by atoms with E-state index >= 15 is 0 Å². The molecule has 0 spiro atoms. The van der Waals surface area contributed by atoms with E-state index in [0.717, 1.165) is 12.8 Å². The predicted molar refractivity (Wildman–Crippen MR) is 62.4 cm³/mol. The van der Waals surface area contributed by atoms with E-state index in [2.05, 4.69) is 5.32 Å². The summed E-state index contributed by atoms with van der Waals surface area (Å²) in [5.41, 5.74) is 6.01.